The van der Waals surface area contributed by atoms with Crippen LogP contribution in [0.1, 0.15) is 37.5 Å². The summed E-state index contributed by atoms with van der Waals surface area (Å²) in [5.41, 5.74) is 2.12. The highest BCUT2D eigenvalue weighted by Gasteiger charge is 2.36. The molecule has 0 aliphatic rings. The van der Waals surface area contributed by atoms with E-state index in [2.05, 4.69) is 5.32 Å². The van der Waals surface area contributed by atoms with Gasteiger partial charge in [0.05, 0.1) is 15.6 Å². The van der Waals surface area contributed by atoms with Gasteiger partial charge in [-0.25, -0.2) is 8.42 Å². The van der Waals surface area contributed by atoms with Crippen molar-refractivity contribution in [3.63, 3.8) is 0 Å². The number of aryl methyl sites for hydroxylation is 1. The molecule has 0 spiro atoms. The first-order valence-electron chi connectivity index (χ1n) is 14.5. The van der Waals surface area contributed by atoms with E-state index >= 15 is 0 Å². The summed E-state index contributed by atoms with van der Waals surface area (Å²) in [4.78, 5) is 30.0. The topological polar surface area (TPSA) is 86.8 Å². The van der Waals surface area contributed by atoms with Crippen molar-refractivity contribution in [3.8, 4) is 0 Å². The standard InChI is InChI=1S/C35H37Cl2N3O4S/c1-25-13-11-12-16-27(25)23-39(32(34(42)38-35(2,3)4)21-26-14-7-5-8-15-26)33(41)24-40(31-20-19-28(36)22-30(31)37)45(43,44)29-17-9-6-10-18-29/h5-20,22,32H,21,23-24H2,1-4H3,(H,38,42)/t32-/m1/s1. The van der Waals surface area contributed by atoms with Crippen molar-refractivity contribution < 1.29 is 18.0 Å². The van der Waals surface area contributed by atoms with E-state index in [0.717, 1.165) is 21.0 Å². The molecule has 4 aromatic carbocycles. The molecule has 0 bridgehead atoms. The smallest absolute Gasteiger partial charge is 0.264 e. The van der Waals surface area contributed by atoms with E-state index in [-0.39, 0.29) is 34.5 Å². The fraction of sp³-hybridized carbons (Fsp3) is 0.257. The molecule has 45 heavy (non-hydrogen) atoms. The Bertz CT molecular complexity index is 1740. The first-order valence-corrected chi connectivity index (χ1v) is 16.7. The van der Waals surface area contributed by atoms with Crippen molar-refractivity contribution in [2.24, 2.45) is 0 Å². The number of hydrogen-bond acceptors (Lipinski definition) is 4. The maximum atomic E-state index is 14.6. The van der Waals surface area contributed by atoms with Gasteiger partial charge in [0.2, 0.25) is 11.8 Å². The second-order valence-electron chi connectivity index (χ2n) is 11.8. The molecule has 0 saturated heterocycles. The molecule has 0 aromatic heterocycles. The van der Waals surface area contributed by atoms with Gasteiger partial charge < -0.3 is 10.2 Å². The zero-order valence-corrected chi connectivity index (χ0v) is 28.0. The number of nitrogens with zero attached hydrogens (tertiary/aromatic N) is 2. The Morgan fingerprint density at radius 1 is 0.844 bits per heavy atom. The van der Waals surface area contributed by atoms with Gasteiger partial charge in [0.15, 0.2) is 0 Å². The van der Waals surface area contributed by atoms with E-state index in [0.29, 0.717) is 5.02 Å². The number of carbonyl (C=O) groups is 2. The molecule has 0 fully saturated rings. The highest BCUT2D eigenvalue weighted by atomic mass is 35.5. The molecule has 4 aromatic rings. The SMILES string of the molecule is Cc1ccccc1CN(C(=O)CN(c1ccc(Cl)cc1Cl)S(=O)(=O)c1ccccc1)[C@H](Cc1ccccc1)C(=O)NC(C)(C)C. The fourth-order valence-corrected chi connectivity index (χ4v) is 6.91. The first kappa shape index (κ1) is 34.0. The van der Waals surface area contributed by atoms with E-state index in [1.807, 2.05) is 82.3 Å². The zero-order chi connectivity index (χ0) is 32.8. The van der Waals surface area contributed by atoms with Gasteiger partial charge >= 0.3 is 0 Å². The number of hydrogen-bond donors (Lipinski definition) is 1. The van der Waals surface area contributed by atoms with Crippen molar-refractivity contribution >= 4 is 50.7 Å². The molecule has 10 heteroatoms. The number of sulfonamides is 1. The maximum Gasteiger partial charge on any atom is 0.264 e. The Kier molecular flexibility index (Phi) is 11.0. The molecule has 236 valence electrons. The molecule has 0 aliphatic carbocycles. The van der Waals surface area contributed by atoms with Gasteiger partial charge in [0.25, 0.3) is 10.0 Å². The lowest BCUT2D eigenvalue weighted by Crippen LogP contribution is -2.56. The molecular formula is C35H37Cl2N3O4S. The van der Waals surface area contributed by atoms with Crippen molar-refractivity contribution in [2.75, 3.05) is 10.8 Å². The highest BCUT2D eigenvalue weighted by molar-refractivity contribution is 7.92. The largest absolute Gasteiger partial charge is 0.350 e. The van der Waals surface area contributed by atoms with Crippen LogP contribution in [0.2, 0.25) is 10.0 Å². The molecule has 0 aliphatic heterocycles. The Hall–Kier alpha value is -3.85. The van der Waals surface area contributed by atoms with Crippen molar-refractivity contribution in [3.05, 3.63) is 130 Å². The summed E-state index contributed by atoms with van der Waals surface area (Å²) >= 11 is 12.7. The average Bonchev–Trinajstić information content (AvgIpc) is 2.99. The second-order valence-corrected chi connectivity index (χ2v) is 14.5. The Morgan fingerprint density at radius 2 is 1.44 bits per heavy atom. The number of anilines is 1. The summed E-state index contributed by atoms with van der Waals surface area (Å²) in [6.45, 7) is 7.00. The van der Waals surface area contributed by atoms with Crippen LogP contribution in [0.15, 0.2) is 108 Å². The minimum atomic E-state index is -4.27. The summed E-state index contributed by atoms with van der Waals surface area (Å²) < 4.78 is 29.2. The van der Waals surface area contributed by atoms with Crippen LogP contribution in [0.25, 0.3) is 0 Å². The van der Waals surface area contributed by atoms with Crippen LogP contribution in [-0.2, 0) is 32.6 Å². The summed E-state index contributed by atoms with van der Waals surface area (Å²) in [7, 11) is -4.27. The van der Waals surface area contributed by atoms with Crippen LogP contribution < -0.4 is 9.62 Å². The molecule has 2 amide bonds. The van der Waals surface area contributed by atoms with Gasteiger partial charge in [-0.2, -0.15) is 0 Å². The zero-order valence-electron chi connectivity index (χ0n) is 25.7. The summed E-state index contributed by atoms with van der Waals surface area (Å²) in [5, 5.41) is 3.41. The van der Waals surface area contributed by atoms with Crippen LogP contribution in [0.4, 0.5) is 5.69 Å². The van der Waals surface area contributed by atoms with E-state index in [9.17, 15) is 18.0 Å². The van der Waals surface area contributed by atoms with E-state index < -0.39 is 34.1 Å². The molecule has 0 heterocycles. The Morgan fingerprint density at radius 3 is 2.04 bits per heavy atom. The van der Waals surface area contributed by atoms with Gasteiger partial charge in [-0.1, -0.05) is 96.0 Å². The number of carbonyl (C=O) groups excluding carboxylic acids is 2. The summed E-state index contributed by atoms with van der Waals surface area (Å²) in [5.74, 6) is -0.927. The molecule has 0 unspecified atom stereocenters. The summed E-state index contributed by atoms with van der Waals surface area (Å²) in [6.07, 6.45) is 0.216. The lowest BCUT2D eigenvalue weighted by Gasteiger charge is -2.35. The first-order chi connectivity index (χ1) is 21.3. The monoisotopic (exact) mass is 665 g/mol. The number of halogens is 2. The predicted molar refractivity (Wildman–Crippen MR) is 181 cm³/mol. The molecule has 7 nitrogen and oxygen atoms in total. The normalized spacial score (nSPS) is 12.3. The average molecular weight is 667 g/mol. The molecule has 1 atom stereocenters. The number of nitrogens with one attached hydrogen (secondary N) is 1. The van der Waals surface area contributed by atoms with Crippen molar-refractivity contribution in [1.29, 1.82) is 0 Å². The Balaban J connectivity index is 1.84. The van der Waals surface area contributed by atoms with Gasteiger partial charge in [-0.3, -0.25) is 13.9 Å². The maximum absolute atomic E-state index is 14.6. The van der Waals surface area contributed by atoms with E-state index in [1.54, 1.807) is 18.2 Å². The van der Waals surface area contributed by atoms with E-state index in [1.165, 1.54) is 35.2 Å². The van der Waals surface area contributed by atoms with Gasteiger partial charge in [-0.15, -0.1) is 0 Å². The third-order valence-corrected chi connectivity index (χ3v) is 9.47. The number of benzene rings is 4. The van der Waals surface area contributed by atoms with Gasteiger partial charge in [0.1, 0.15) is 12.6 Å². The van der Waals surface area contributed by atoms with Gasteiger partial charge in [-0.05, 0) is 74.7 Å². The Labute approximate surface area is 275 Å². The lowest BCUT2D eigenvalue weighted by molar-refractivity contribution is -0.140. The molecule has 0 radical (unpaired) electrons. The molecule has 1 N–H and O–H groups in total. The third-order valence-electron chi connectivity index (χ3n) is 7.16. The van der Waals surface area contributed by atoms with Crippen LogP contribution in [-0.4, -0.2) is 43.3 Å². The fourth-order valence-electron chi connectivity index (χ4n) is 4.89. The van der Waals surface area contributed by atoms with Crippen LogP contribution in [0, 0.1) is 6.92 Å². The summed E-state index contributed by atoms with van der Waals surface area (Å²) in [6, 6.07) is 28.3. The lowest BCUT2D eigenvalue weighted by atomic mass is 10.00. The quantitative estimate of drug-likeness (QED) is 0.186. The molecule has 0 saturated carbocycles. The van der Waals surface area contributed by atoms with E-state index in [4.69, 9.17) is 23.2 Å². The predicted octanol–water partition coefficient (Wildman–Crippen LogP) is 7.05. The van der Waals surface area contributed by atoms with Gasteiger partial charge in [0, 0.05) is 23.5 Å². The highest BCUT2D eigenvalue weighted by Crippen LogP contribution is 2.33. The minimum absolute atomic E-state index is 0.0134. The van der Waals surface area contributed by atoms with Crippen LogP contribution in [0.3, 0.4) is 0 Å². The number of rotatable bonds is 11. The molecular weight excluding hydrogens is 629 g/mol. The van der Waals surface area contributed by atoms with Crippen molar-refractivity contribution in [1.82, 2.24) is 10.2 Å². The molecule has 4 rings (SSSR count). The van der Waals surface area contributed by atoms with Crippen molar-refractivity contribution in [2.45, 2.75) is 57.1 Å². The van der Waals surface area contributed by atoms with Crippen LogP contribution in [0.5, 0.6) is 0 Å². The van der Waals surface area contributed by atoms with Crippen LogP contribution >= 0.6 is 23.2 Å². The second kappa shape index (κ2) is 14.5. The minimum Gasteiger partial charge on any atom is -0.350 e. The number of amides is 2. The third kappa shape index (κ3) is 8.87.